The summed E-state index contributed by atoms with van der Waals surface area (Å²) in [4.78, 5) is 19.0. The van der Waals surface area contributed by atoms with Gasteiger partial charge in [0.15, 0.2) is 9.84 Å². The zero-order valence-electron chi connectivity index (χ0n) is 16.6. The van der Waals surface area contributed by atoms with Gasteiger partial charge in [0, 0.05) is 25.5 Å². The molecule has 1 saturated carbocycles. The number of hydrogen-bond donors (Lipinski definition) is 0. The van der Waals surface area contributed by atoms with Gasteiger partial charge in [-0.3, -0.25) is 9.78 Å². The fraction of sp³-hybridized carbons (Fsp3) is 0.455. The number of carbonyl (C=O) groups is 1. The normalized spacial score (nSPS) is 21.9. The summed E-state index contributed by atoms with van der Waals surface area (Å²) in [6, 6.07) is 6.20. The Bertz CT molecular complexity index is 1040. The van der Waals surface area contributed by atoms with E-state index in [0.29, 0.717) is 17.0 Å². The van der Waals surface area contributed by atoms with E-state index >= 15 is 0 Å². The second-order valence-corrected chi connectivity index (χ2v) is 11.0. The van der Waals surface area contributed by atoms with Crippen molar-refractivity contribution >= 4 is 38.9 Å². The van der Waals surface area contributed by atoms with E-state index in [4.69, 9.17) is 23.2 Å². The molecule has 2 aromatic rings. The summed E-state index contributed by atoms with van der Waals surface area (Å²) in [7, 11) is -3.79. The van der Waals surface area contributed by atoms with Gasteiger partial charge in [-0.05, 0) is 48.4 Å². The van der Waals surface area contributed by atoms with Crippen LogP contribution in [0, 0.1) is 11.8 Å². The Morgan fingerprint density at radius 2 is 1.77 bits per heavy atom. The molecule has 1 saturated heterocycles. The zero-order valence-corrected chi connectivity index (χ0v) is 18.9. The van der Waals surface area contributed by atoms with Gasteiger partial charge in [0.25, 0.3) is 5.91 Å². The van der Waals surface area contributed by atoms with Crippen molar-refractivity contribution in [2.75, 3.05) is 13.1 Å². The molecule has 1 aromatic carbocycles. The number of hydrogen-bond acceptors (Lipinski definition) is 4. The lowest BCUT2D eigenvalue weighted by Crippen LogP contribution is -2.44. The molecular formula is C22H24Cl2N2O3S. The molecule has 0 spiro atoms. The van der Waals surface area contributed by atoms with Crippen LogP contribution in [0.2, 0.25) is 10.0 Å². The number of halogens is 2. The fourth-order valence-corrected chi connectivity index (χ4v) is 7.30. The van der Waals surface area contributed by atoms with Crippen molar-refractivity contribution in [1.29, 1.82) is 0 Å². The van der Waals surface area contributed by atoms with Crippen molar-refractivity contribution in [2.24, 2.45) is 11.8 Å². The van der Waals surface area contributed by atoms with Crippen LogP contribution < -0.4 is 0 Å². The summed E-state index contributed by atoms with van der Waals surface area (Å²) in [6.45, 7) is 1.53. The first kappa shape index (κ1) is 21.6. The lowest BCUT2D eigenvalue weighted by molar-refractivity contribution is 0.0520. The molecule has 1 aliphatic carbocycles. The van der Waals surface area contributed by atoms with Gasteiger partial charge in [0.2, 0.25) is 0 Å². The third-order valence-electron chi connectivity index (χ3n) is 6.21. The smallest absolute Gasteiger partial charge is 0.255 e. The highest BCUT2D eigenvalue weighted by molar-refractivity contribution is 7.90. The molecule has 30 heavy (non-hydrogen) atoms. The van der Waals surface area contributed by atoms with Crippen molar-refractivity contribution < 1.29 is 13.2 Å². The Balaban J connectivity index is 1.52. The van der Waals surface area contributed by atoms with Crippen molar-refractivity contribution in [2.45, 2.75) is 42.8 Å². The van der Waals surface area contributed by atoms with E-state index < -0.39 is 9.84 Å². The average Bonchev–Trinajstić information content (AvgIpc) is 2.72. The van der Waals surface area contributed by atoms with Crippen LogP contribution in [0.25, 0.3) is 0 Å². The minimum atomic E-state index is -3.79. The molecule has 1 aromatic heterocycles. The highest BCUT2D eigenvalue weighted by Crippen LogP contribution is 2.36. The third-order valence-corrected chi connectivity index (χ3v) is 8.84. The molecule has 2 atom stereocenters. The number of piperidine rings is 1. The molecule has 0 bridgehead atoms. The number of amides is 1. The number of aromatic nitrogens is 1. The Kier molecular flexibility index (Phi) is 6.37. The van der Waals surface area contributed by atoms with Crippen LogP contribution in [0.1, 0.15) is 48.0 Å². The highest BCUT2D eigenvalue weighted by Gasteiger charge is 2.33. The minimum Gasteiger partial charge on any atom is -0.338 e. The molecule has 2 unspecified atom stereocenters. The van der Waals surface area contributed by atoms with Gasteiger partial charge in [0.1, 0.15) is 4.90 Å². The number of likely N-dealkylation sites (tertiary alicyclic amines) is 1. The summed E-state index contributed by atoms with van der Waals surface area (Å²) in [5.41, 5.74) is 0.853. The first-order valence-electron chi connectivity index (χ1n) is 10.2. The van der Waals surface area contributed by atoms with Gasteiger partial charge in [-0.25, -0.2) is 8.42 Å². The molecule has 1 aliphatic heterocycles. The number of rotatable bonds is 4. The molecule has 2 fully saturated rings. The van der Waals surface area contributed by atoms with E-state index in [9.17, 15) is 13.2 Å². The van der Waals surface area contributed by atoms with Crippen LogP contribution in [0.5, 0.6) is 0 Å². The van der Waals surface area contributed by atoms with Gasteiger partial charge in [-0.15, -0.1) is 0 Å². The van der Waals surface area contributed by atoms with Gasteiger partial charge in [0.05, 0.1) is 21.4 Å². The molecule has 1 amide bonds. The summed E-state index contributed by atoms with van der Waals surface area (Å²) >= 11 is 12.2. The maximum atomic E-state index is 13.1. The van der Waals surface area contributed by atoms with Crippen molar-refractivity contribution in [1.82, 2.24) is 9.88 Å². The number of carbonyl (C=O) groups excluding carboxylic acids is 1. The Morgan fingerprint density at radius 3 is 2.50 bits per heavy atom. The van der Waals surface area contributed by atoms with E-state index in [1.54, 1.807) is 12.1 Å². The Morgan fingerprint density at radius 1 is 1.07 bits per heavy atom. The van der Waals surface area contributed by atoms with Crippen LogP contribution in [0.15, 0.2) is 41.6 Å². The van der Waals surface area contributed by atoms with Crippen LogP contribution >= 0.6 is 23.2 Å². The first-order chi connectivity index (χ1) is 14.3. The van der Waals surface area contributed by atoms with E-state index in [2.05, 4.69) is 4.98 Å². The molecule has 5 nitrogen and oxygen atoms in total. The van der Waals surface area contributed by atoms with Crippen molar-refractivity contribution in [3.05, 3.63) is 57.8 Å². The van der Waals surface area contributed by atoms with Gasteiger partial charge in [-0.1, -0.05) is 48.5 Å². The predicted octanol–water partition coefficient (Wildman–Crippen LogP) is 5.01. The molecule has 0 radical (unpaired) electrons. The number of nitrogens with zero attached hydrogens (tertiary/aromatic N) is 2. The van der Waals surface area contributed by atoms with Gasteiger partial charge >= 0.3 is 0 Å². The predicted molar refractivity (Wildman–Crippen MR) is 118 cm³/mol. The Labute approximate surface area is 187 Å². The molecule has 4 rings (SSSR count). The minimum absolute atomic E-state index is 0.0815. The first-order valence-corrected chi connectivity index (χ1v) is 12.7. The van der Waals surface area contributed by atoms with E-state index in [1.807, 2.05) is 4.90 Å². The number of pyridine rings is 1. The van der Waals surface area contributed by atoms with E-state index in [1.165, 1.54) is 50.2 Å². The quantitative estimate of drug-likeness (QED) is 0.634. The SMILES string of the molecule is O=C(c1cncc(CS(=O)(=O)c2c(Cl)cccc2Cl)c1)N1CCC2CCCCC2C1. The molecule has 0 N–H and O–H groups in total. The van der Waals surface area contributed by atoms with Gasteiger partial charge in [-0.2, -0.15) is 0 Å². The standard InChI is InChI=1S/C22H24Cl2N2O3S/c23-19-6-3-7-20(24)21(19)30(28,29)14-15-10-18(12-25-11-15)22(27)26-9-8-16-4-1-2-5-17(16)13-26/h3,6-7,10-12,16-17H,1-2,4-5,8-9,13-14H2. The summed E-state index contributed by atoms with van der Waals surface area (Å²) < 4.78 is 25.8. The fourth-order valence-electron chi connectivity index (χ4n) is 4.72. The van der Waals surface area contributed by atoms with Crippen LogP contribution in [0.4, 0.5) is 0 Å². The maximum Gasteiger partial charge on any atom is 0.255 e. The number of benzene rings is 1. The maximum absolute atomic E-state index is 13.1. The largest absolute Gasteiger partial charge is 0.338 e. The second kappa shape index (κ2) is 8.85. The molecular weight excluding hydrogens is 443 g/mol. The van der Waals surface area contributed by atoms with Gasteiger partial charge < -0.3 is 4.90 Å². The average molecular weight is 467 g/mol. The lowest BCUT2D eigenvalue weighted by atomic mass is 9.75. The third kappa shape index (κ3) is 4.51. The molecule has 160 valence electrons. The van der Waals surface area contributed by atoms with Crippen molar-refractivity contribution in [3.8, 4) is 0 Å². The zero-order chi connectivity index (χ0) is 21.3. The monoisotopic (exact) mass is 466 g/mol. The van der Waals surface area contributed by atoms with E-state index in [-0.39, 0.29) is 26.6 Å². The van der Waals surface area contributed by atoms with Crippen LogP contribution in [0.3, 0.4) is 0 Å². The van der Waals surface area contributed by atoms with Crippen LogP contribution in [-0.2, 0) is 15.6 Å². The molecule has 2 heterocycles. The lowest BCUT2D eigenvalue weighted by Gasteiger charge is -2.41. The number of fused-ring (bicyclic) bond motifs is 1. The number of sulfone groups is 1. The van der Waals surface area contributed by atoms with Crippen molar-refractivity contribution in [3.63, 3.8) is 0 Å². The summed E-state index contributed by atoms with van der Waals surface area (Å²) in [5.74, 6) is 0.907. The van der Waals surface area contributed by atoms with E-state index in [0.717, 1.165) is 25.4 Å². The molecule has 8 heteroatoms. The van der Waals surface area contributed by atoms with Crippen LogP contribution in [-0.4, -0.2) is 37.3 Å². The summed E-state index contributed by atoms with van der Waals surface area (Å²) in [5, 5.41) is 0.163. The molecule has 2 aliphatic rings. The highest BCUT2D eigenvalue weighted by atomic mass is 35.5. The topological polar surface area (TPSA) is 67.3 Å². The second-order valence-electron chi connectivity index (χ2n) is 8.24. The summed E-state index contributed by atoms with van der Waals surface area (Å²) in [6.07, 6.45) is 9.01. The Hall–Kier alpha value is -1.63.